The zero-order chi connectivity index (χ0) is 18.1. The summed E-state index contributed by atoms with van der Waals surface area (Å²) in [7, 11) is 0. The van der Waals surface area contributed by atoms with E-state index in [0.717, 1.165) is 12.8 Å². The van der Waals surface area contributed by atoms with Gasteiger partial charge in [-0.25, -0.2) is 9.48 Å². The first-order valence-electron chi connectivity index (χ1n) is 8.47. The van der Waals surface area contributed by atoms with E-state index in [4.69, 9.17) is 0 Å². The number of carbonyl (C=O) groups excluding carboxylic acids is 1. The Balaban J connectivity index is 2.17. The highest BCUT2D eigenvalue weighted by Crippen LogP contribution is 2.22. The van der Waals surface area contributed by atoms with Gasteiger partial charge in [-0.3, -0.25) is 9.59 Å². The minimum Gasteiger partial charge on any atom is -0.480 e. The van der Waals surface area contributed by atoms with E-state index in [1.807, 2.05) is 13.8 Å². The van der Waals surface area contributed by atoms with Gasteiger partial charge in [-0.2, -0.15) is 5.10 Å². The number of aromatic nitrogens is 2. The Kier molecular flexibility index (Phi) is 4.57. The molecule has 1 amide bonds. The molecular weight excluding hydrogens is 322 g/mol. The fourth-order valence-electron chi connectivity index (χ4n) is 3.28. The summed E-state index contributed by atoms with van der Waals surface area (Å²) >= 11 is 0. The molecule has 1 aliphatic rings. The van der Waals surface area contributed by atoms with E-state index in [-0.39, 0.29) is 17.3 Å². The smallest absolute Gasteiger partial charge is 0.326 e. The number of aliphatic carboxylic acids is 1. The molecule has 1 aromatic carbocycles. The maximum Gasteiger partial charge on any atom is 0.326 e. The number of carboxylic acids is 1. The van der Waals surface area contributed by atoms with Crippen molar-refractivity contribution in [2.45, 2.75) is 45.2 Å². The van der Waals surface area contributed by atoms with Crippen molar-refractivity contribution in [2.75, 3.05) is 6.54 Å². The summed E-state index contributed by atoms with van der Waals surface area (Å²) < 4.78 is 1.29. The fourth-order valence-corrected chi connectivity index (χ4v) is 3.28. The van der Waals surface area contributed by atoms with Gasteiger partial charge >= 0.3 is 5.97 Å². The highest BCUT2D eigenvalue weighted by atomic mass is 16.4. The van der Waals surface area contributed by atoms with Crippen molar-refractivity contribution in [2.24, 2.45) is 0 Å². The zero-order valence-electron chi connectivity index (χ0n) is 14.3. The van der Waals surface area contributed by atoms with Gasteiger partial charge in [0.05, 0.1) is 11.4 Å². The molecule has 7 heteroatoms. The lowest BCUT2D eigenvalue weighted by atomic mass is 10.0. The van der Waals surface area contributed by atoms with Gasteiger partial charge < -0.3 is 10.0 Å². The van der Waals surface area contributed by atoms with E-state index in [1.54, 1.807) is 24.3 Å². The third-order valence-electron chi connectivity index (χ3n) is 4.57. The zero-order valence-corrected chi connectivity index (χ0v) is 14.3. The molecular formula is C18H21N3O4. The second-order valence-electron chi connectivity index (χ2n) is 6.59. The van der Waals surface area contributed by atoms with E-state index < -0.39 is 17.9 Å². The van der Waals surface area contributed by atoms with E-state index in [0.29, 0.717) is 23.7 Å². The number of carbonyl (C=O) groups is 2. The Bertz CT molecular complexity index is 888. The summed E-state index contributed by atoms with van der Waals surface area (Å²) in [5.74, 6) is -1.44. The molecule has 7 nitrogen and oxygen atoms in total. The largest absolute Gasteiger partial charge is 0.480 e. The minimum atomic E-state index is -1.01. The third kappa shape index (κ3) is 3.01. The van der Waals surface area contributed by atoms with Crippen LogP contribution in [-0.4, -0.2) is 44.3 Å². The van der Waals surface area contributed by atoms with Crippen LogP contribution in [0.25, 0.3) is 10.8 Å². The molecule has 0 saturated carbocycles. The first-order chi connectivity index (χ1) is 11.9. The van der Waals surface area contributed by atoms with Crippen molar-refractivity contribution < 1.29 is 14.7 Å². The molecule has 1 saturated heterocycles. The Labute approximate surface area is 144 Å². The van der Waals surface area contributed by atoms with Crippen molar-refractivity contribution in [1.29, 1.82) is 0 Å². The number of fused-ring (bicyclic) bond motifs is 1. The Morgan fingerprint density at radius 3 is 2.52 bits per heavy atom. The summed E-state index contributed by atoms with van der Waals surface area (Å²) in [4.78, 5) is 38.6. The summed E-state index contributed by atoms with van der Waals surface area (Å²) in [5, 5.41) is 14.6. The van der Waals surface area contributed by atoms with Crippen LogP contribution in [0.3, 0.4) is 0 Å². The predicted molar refractivity (Wildman–Crippen MR) is 92.7 cm³/mol. The van der Waals surface area contributed by atoms with Gasteiger partial charge in [-0.05, 0) is 39.2 Å². The second kappa shape index (κ2) is 6.66. The first-order valence-corrected chi connectivity index (χ1v) is 8.47. The van der Waals surface area contributed by atoms with E-state index in [1.165, 1.54) is 9.58 Å². The van der Waals surface area contributed by atoms with Gasteiger partial charge in [0.1, 0.15) is 6.04 Å². The predicted octanol–water partition coefficient (Wildman–Crippen LogP) is 2.06. The fraction of sp³-hybridized carbons (Fsp3) is 0.444. The number of nitrogens with zero attached hydrogens (tertiary/aromatic N) is 3. The average Bonchev–Trinajstić information content (AvgIpc) is 2.61. The van der Waals surface area contributed by atoms with Crippen molar-refractivity contribution in [3.8, 4) is 0 Å². The Hall–Kier alpha value is -2.70. The lowest BCUT2D eigenvalue weighted by molar-refractivity contribution is -0.143. The standard InChI is InChI=1S/C18H21N3O4/c1-11(2)21-16(22)13-8-4-3-7-12(13)15(19-21)17(23)20-10-6-5-9-14(20)18(24)25/h3-4,7-8,11,14H,5-6,9-10H2,1-2H3,(H,24,25). The van der Waals surface area contributed by atoms with Crippen molar-refractivity contribution in [3.63, 3.8) is 0 Å². The monoisotopic (exact) mass is 343 g/mol. The minimum absolute atomic E-state index is 0.136. The van der Waals surface area contributed by atoms with Crippen LogP contribution in [0.5, 0.6) is 0 Å². The van der Waals surface area contributed by atoms with Crippen molar-refractivity contribution >= 4 is 22.6 Å². The van der Waals surface area contributed by atoms with Gasteiger partial charge in [-0.1, -0.05) is 18.2 Å². The molecule has 1 aromatic heterocycles. The SMILES string of the molecule is CC(C)n1nc(C(=O)N2CCCCC2C(=O)O)c2ccccc2c1=O. The van der Waals surface area contributed by atoms with Gasteiger partial charge in [0.15, 0.2) is 5.69 Å². The first kappa shape index (κ1) is 17.1. The molecule has 3 rings (SSSR count). The number of benzene rings is 1. The van der Waals surface area contributed by atoms with E-state index in [2.05, 4.69) is 5.10 Å². The molecule has 1 aliphatic heterocycles. The Morgan fingerprint density at radius 1 is 1.20 bits per heavy atom. The summed E-state index contributed by atoms with van der Waals surface area (Å²) in [6, 6.07) is 5.77. The van der Waals surface area contributed by atoms with Crippen LogP contribution < -0.4 is 5.56 Å². The highest BCUT2D eigenvalue weighted by molar-refractivity contribution is 6.05. The molecule has 1 N–H and O–H groups in total. The maximum absolute atomic E-state index is 13.1. The van der Waals surface area contributed by atoms with Crippen LogP contribution in [0.15, 0.2) is 29.1 Å². The molecule has 1 fully saturated rings. The number of piperidine rings is 1. The third-order valence-corrected chi connectivity index (χ3v) is 4.57. The number of hydrogen-bond donors (Lipinski definition) is 1. The normalized spacial score (nSPS) is 17.9. The number of likely N-dealkylation sites (tertiary alicyclic amines) is 1. The molecule has 0 aliphatic carbocycles. The Morgan fingerprint density at radius 2 is 1.88 bits per heavy atom. The van der Waals surface area contributed by atoms with E-state index in [9.17, 15) is 19.5 Å². The molecule has 0 radical (unpaired) electrons. The van der Waals surface area contributed by atoms with Gasteiger partial charge in [0, 0.05) is 11.9 Å². The van der Waals surface area contributed by atoms with Crippen LogP contribution in [0.2, 0.25) is 0 Å². The number of rotatable bonds is 3. The maximum atomic E-state index is 13.1. The summed E-state index contributed by atoms with van der Waals surface area (Å²) in [6.45, 7) is 4.02. The van der Waals surface area contributed by atoms with Crippen LogP contribution in [0.1, 0.15) is 49.6 Å². The van der Waals surface area contributed by atoms with Gasteiger partial charge in [0.25, 0.3) is 11.5 Å². The van der Waals surface area contributed by atoms with Crippen LogP contribution in [0.4, 0.5) is 0 Å². The van der Waals surface area contributed by atoms with Crippen molar-refractivity contribution in [1.82, 2.24) is 14.7 Å². The number of carboxylic acid groups (broad SMARTS) is 1. The molecule has 2 aromatic rings. The molecule has 132 valence electrons. The summed E-state index contributed by atoms with van der Waals surface area (Å²) in [6.07, 6.45) is 1.97. The van der Waals surface area contributed by atoms with E-state index >= 15 is 0 Å². The number of hydrogen-bond acceptors (Lipinski definition) is 4. The molecule has 0 spiro atoms. The summed E-state index contributed by atoms with van der Waals surface area (Å²) in [5.41, 5.74) is -0.118. The quantitative estimate of drug-likeness (QED) is 0.921. The second-order valence-corrected chi connectivity index (χ2v) is 6.59. The molecule has 1 unspecified atom stereocenters. The molecule has 1 atom stereocenters. The van der Waals surface area contributed by atoms with Crippen LogP contribution in [-0.2, 0) is 4.79 Å². The molecule has 0 bridgehead atoms. The highest BCUT2D eigenvalue weighted by Gasteiger charge is 2.34. The average molecular weight is 343 g/mol. The van der Waals surface area contributed by atoms with Gasteiger partial charge in [-0.15, -0.1) is 0 Å². The lowest BCUT2D eigenvalue weighted by Gasteiger charge is -2.33. The topological polar surface area (TPSA) is 92.5 Å². The molecule has 25 heavy (non-hydrogen) atoms. The lowest BCUT2D eigenvalue weighted by Crippen LogP contribution is -2.48. The molecule has 2 heterocycles. The van der Waals surface area contributed by atoms with Gasteiger partial charge in [0.2, 0.25) is 0 Å². The van der Waals surface area contributed by atoms with Crippen LogP contribution in [0, 0.1) is 0 Å². The number of amides is 1. The van der Waals surface area contributed by atoms with Crippen molar-refractivity contribution in [3.05, 3.63) is 40.3 Å². The van der Waals surface area contributed by atoms with Crippen LogP contribution >= 0.6 is 0 Å².